The molecule has 0 bridgehead atoms. The average Bonchev–Trinajstić information content (AvgIpc) is 2.66. The number of aryl methyl sites for hydroxylation is 2. The number of nitrogens with zero attached hydrogens (tertiary/aromatic N) is 2. The van der Waals surface area contributed by atoms with Crippen molar-refractivity contribution in [2.75, 3.05) is 6.54 Å². The van der Waals surface area contributed by atoms with Crippen molar-refractivity contribution >= 4 is 0 Å². The van der Waals surface area contributed by atoms with Gasteiger partial charge in [0.15, 0.2) is 0 Å². The van der Waals surface area contributed by atoms with Crippen LogP contribution in [0.5, 0.6) is 0 Å². The zero-order chi connectivity index (χ0) is 13.3. The molecule has 1 saturated heterocycles. The molecule has 1 fully saturated rings. The van der Waals surface area contributed by atoms with E-state index < -0.39 is 0 Å². The second-order valence-corrected chi connectivity index (χ2v) is 6.61. The summed E-state index contributed by atoms with van der Waals surface area (Å²) in [6, 6.07) is 0.466. The normalized spacial score (nSPS) is 20.4. The minimum atomic E-state index is 0.242. The van der Waals surface area contributed by atoms with E-state index in [0.717, 1.165) is 30.2 Å². The zero-order valence-electron chi connectivity index (χ0n) is 12.3. The molecule has 0 amide bonds. The lowest BCUT2D eigenvalue weighted by Gasteiger charge is -2.20. The van der Waals surface area contributed by atoms with Crippen LogP contribution >= 0.6 is 0 Å². The maximum Gasteiger partial charge on any atom is 0.129 e. The minimum Gasteiger partial charge on any atom is -0.310 e. The molecule has 0 aliphatic carbocycles. The monoisotopic (exact) mass is 247 g/mol. The van der Waals surface area contributed by atoms with E-state index in [-0.39, 0.29) is 5.41 Å². The molecule has 0 radical (unpaired) electrons. The standard InChI is InChI=1S/C15H25N3/c1-10-14(12-7-6-8-16-12)11(2)18-13(17-10)9-15(3,4)5/h12,16H,6-9H2,1-5H3. The molecule has 1 aromatic heterocycles. The molecule has 2 heterocycles. The molecule has 3 nitrogen and oxygen atoms in total. The van der Waals surface area contributed by atoms with Gasteiger partial charge in [0.1, 0.15) is 5.82 Å². The summed E-state index contributed by atoms with van der Waals surface area (Å²) in [5.41, 5.74) is 3.87. The van der Waals surface area contributed by atoms with Crippen molar-refractivity contribution in [2.45, 2.75) is 59.9 Å². The Bertz CT molecular complexity index is 403. The van der Waals surface area contributed by atoms with Gasteiger partial charge in [-0.15, -0.1) is 0 Å². The summed E-state index contributed by atoms with van der Waals surface area (Å²) in [5, 5.41) is 3.54. The van der Waals surface area contributed by atoms with E-state index in [0.29, 0.717) is 6.04 Å². The minimum absolute atomic E-state index is 0.242. The van der Waals surface area contributed by atoms with Crippen LogP contribution in [0.25, 0.3) is 0 Å². The Balaban J connectivity index is 2.29. The van der Waals surface area contributed by atoms with E-state index in [9.17, 15) is 0 Å². The van der Waals surface area contributed by atoms with Crippen molar-refractivity contribution in [2.24, 2.45) is 5.41 Å². The van der Waals surface area contributed by atoms with Crippen LogP contribution < -0.4 is 5.32 Å². The first-order valence-electron chi connectivity index (χ1n) is 6.94. The van der Waals surface area contributed by atoms with Crippen molar-refractivity contribution in [3.8, 4) is 0 Å². The van der Waals surface area contributed by atoms with Gasteiger partial charge in [-0.2, -0.15) is 0 Å². The molecule has 0 saturated carbocycles. The second-order valence-electron chi connectivity index (χ2n) is 6.61. The first-order chi connectivity index (χ1) is 8.37. The molecule has 1 unspecified atom stereocenters. The maximum absolute atomic E-state index is 4.71. The smallest absolute Gasteiger partial charge is 0.129 e. The molecule has 1 N–H and O–H groups in total. The van der Waals surface area contributed by atoms with Gasteiger partial charge in [0.2, 0.25) is 0 Å². The molecule has 1 atom stereocenters. The Morgan fingerprint density at radius 1 is 1.17 bits per heavy atom. The van der Waals surface area contributed by atoms with Crippen LogP contribution in [0.1, 0.15) is 62.4 Å². The molecular weight excluding hydrogens is 222 g/mol. The van der Waals surface area contributed by atoms with Gasteiger partial charge in [-0.25, -0.2) is 9.97 Å². The highest BCUT2D eigenvalue weighted by atomic mass is 15.0. The van der Waals surface area contributed by atoms with Gasteiger partial charge in [-0.3, -0.25) is 0 Å². The van der Waals surface area contributed by atoms with Gasteiger partial charge >= 0.3 is 0 Å². The van der Waals surface area contributed by atoms with E-state index in [1.807, 2.05) is 0 Å². The van der Waals surface area contributed by atoms with Crippen LogP contribution in [0, 0.1) is 19.3 Å². The molecular formula is C15H25N3. The second kappa shape index (κ2) is 4.96. The highest BCUT2D eigenvalue weighted by Gasteiger charge is 2.23. The predicted molar refractivity (Wildman–Crippen MR) is 74.6 cm³/mol. The average molecular weight is 247 g/mol. The molecule has 1 aliphatic rings. The Morgan fingerprint density at radius 3 is 2.22 bits per heavy atom. The quantitative estimate of drug-likeness (QED) is 0.872. The molecule has 2 rings (SSSR count). The van der Waals surface area contributed by atoms with Crippen molar-refractivity contribution in [3.63, 3.8) is 0 Å². The Hall–Kier alpha value is -0.960. The topological polar surface area (TPSA) is 37.8 Å². The van der Waals surface area contributed by atoms with E-state index in [4.69, 9.17) is 9.97 Å². The van der Waals surface area contributed by atoms with Gasteiger partial charge in [0, 0.05) is 29.4 Å². The fraction of sp³-hybridized carbons (Fsp3) is 0.733. The SMILES string of the molecule is Cc1nc(CC(C)(C)C)nc(C)c1C1CCCN1. The van der Waals surface area contributed by atoms with E-state index in [2.05, 4.69) is 39.9 Å². The first-order valence-corrected chi connectivity index (χ1v) is 6.94. The van der Waals surface area contributed by atoms with Crippen molar-refractivity contribution in [1.29, 1.82) is 0 Å². The summed E-state index contributed by atoms with van der Waals surface area (Å²) in [6.07, 6.45) is 3.41. The lowest BCUT2D eigenvalue weighted by molar-refractivity contribution is 0.399. The highest BCUT2D eigenvalue weighted by molar-refractivity contribution is 5.28. The zero-order valence-corrected chi connectivity index (χ0v) is 12.3. The molecule has 1 aromatic rings. The number of aromatic nitrogens is 2. The van der Waals surface area contributed by atoms with Crippen LogP contribution in [-0.2, 0) is 6.42 Å². The van der Waals surface area contributed by atoms with Gasteiger partial charge in [0.05, 0.1) is 0 Å². The molecule has 0 spiro atoms. The van der Waals surface area contributed by atoms with Gasteiger partial charge in [-0.1, -0.05) is 20.8 Å². The lowest BCUT2D eigenvalue weighted by atomic mass is 9.91. The largest absolute Gasteiger partial charge is 0.310 e. The van der Waals surface area contributed by atoms with Crippen molar-refractivity contribution < 1.29 is 0 Å². The molecule has 1 aliphatic heterocycles. The summed E-state index contributed by atoms with van der Waals surface area (Å²) in [5.74, 6) is 0.985. The van der Waals surface area contributed by atoms with Crippen LogP contribution in [0.2, 0.25) is 0 Å². The van der Waals surface area contributed by atoms with Crippen LogP contribution in [0.4, 0.5) is 0 Å². The van der Waals surface area contributed by atoms with Crippen LogP contribution in [-0.4, -0.2) is 16.5 Å². The van der Waals surface area contributed by atoms with Crippen LogP contribution in [0.3, 0.4) is 0 Å². The third kappa shape index (κ3) is 3.08. The van der Waals surface area contributed by atoms with E-state index in [1.165, 1.54) is 18.4 Å². The lowest BCUT2D eigenvalue weighted by Crippen LogP contribution is -2.19. The molecule has 18 heavy (non-hydrogen) atoms. The molecule has 3 heteroatoms. The van der Waals surface area contributed by atoms with Gasteiger partial charge in [-0.05, 0) is 38.6 Å². The molecule has 100 valence electrons. The van der Waals surface area contributed by atoms with Gasteiger partial charge in [0.25, 0.3) is 0 Å². The highest BCUT2D eigenvalue weighted by Crippen LogP contribution is 2.28. The third-order valence-corrected chi connectivity index (χ3v) is 3.47. The third-order valence-electron chi connectivity index (χ3n) is 3.47. The van der Waals surface area contributed by atoms with Gasteiger partial charge < -0.3 is 5.32 Å². The van der Waals surface area contributed by atoms with Crippen LogP contribution in [0.15, 0.2) is 0 Å². The Morgan fingerprint density at radius 2 is 1.78 bits per heavy atom. The fourth-order valence-electron chi connectivity index (χ4n) is 2.78. The Labute approximate surface area is 110 Å². The predicted octanol–water partition coefficient (Wildman–Crippen LogP) is 3.11. The first kappa shape index (κ1) is 13.5. The number of rotatable bonds is 2. The number of nitrogens with one attached hydrogen (secondary N) is 1. The van der Waals surface area contributed by atoms with Crippen molar-refractivity contribution in [1.82, 2.24) is 15.3 Å². The van der Waals surface area contributed by atoms with Crippen molar-refractivity contribution in [3.05, 3.63) is 22.8 Å². The van der Waals surface area contributed by atoms with E-state index >= 15 is 0 Å². The molecule has 0 aromatic carbocycles. The summed E-state index contributed by atoms with van der Waals surface area (Å²) < 4.78 is 0. The summed E-state index contributed by atoms with van der Waals surface area (Å²) >= 11 is 0. The summed E-state index contributed by atoms with van der Waals surface area (Å²) in [4.78, 5) is 9.43. The summed E-state index contributed by atoms with van der Waals surface area (Å²) in [6.45, 7) is 12.0. The fourth-order valence-corrected chi connectivity index (χ4v) is 2.78. The number of hydrogen-bond donors (Lipinski definition) is 1. The Kier molecular flexibility index (Phi) is 3.71. The maximum atomic E-state index is 4.71. The van der Waals surface area contributed by atoms with E-state index in [1.54, 1.807) is 0 Å². The summed E-state index contributed by atoms with van der Waals surface area (Å²) in [7, 11) is 0. The number of hydrogen-bond acceptors (Lipinski definition) is 3.